The lowest BCUT2D eigenvalue weighted by Gasteiger charge is -2.24. The summed E-state index contributed by atoms with van der Waals surface area (Å²) in [6, 6.07) is 1.37. The van der Waals surface area contributed by atoms with Crippen molar-refractivity contribution >= 4 is 0 Å². The lowest BCUT2D eigenvalue weighted by atomic mass is 9.93. The average molecular weight is 167 g/mol. The molecule has 1 nitrogen and oxygen atoms in total. The molecule has 1 aliphatic carbocycles. The van der Waals surface area contributed by atoms with Gasteiger partial charge in [-0.1, -0.05) is 32.4 Å². The lowest BCUT2D eigenvalue weighted by Crippen LogP contribution is -2.35. The van der Waals surface area contributed by atoms with Gasteiger partial charge in [-0.05, 0) is 25.7 Å². The number of nitrogens with one attached hydrogen (secondary N) is 1. The van der Waals surface area contributed by atoms with E-state index in [-0.39, 0.29) is 0 Å². The first-order valence-electron chi connectivity index (χ1n) is 5.16. The van der Waals surface area contributed by atoms with Gasteiger partial charge in [0.05, 0.1) is 0 Å². The van der Waals surface area contributed by atoms with Crippen molar-refractivity contribution in [2.45, 2.75) is 58.5 Å². The Hall–Kier alpha value is -0.300. The predicted molar refractivity (Wildman–Crippen MR) is 54.3 cm³/mol. The van der Waals surface area contributed by atoms with Crippen molar-refractivity contribution in [1.29, 1.82) is 0 Å². The van der Waals surface area contributed by atoms with Crippen LogP contribution in [0.15, 0.2) is 11.6 Å². The second-order valence-corrected chi connectivity index (χ2v) is 4.01. The summed E-state index contributed by atoms with van der Waals surface area (Å²) in [6.45, 7) is 6.69. The molecule has 1 N–H and O–H groups in total. The van der Waals surface area contributed by atoms with Crippen molar-refractivity contribution in [3.63, 3.8) is 0 Å². The van der Waals surface area contributed by atoms with Crippen molar-refractivity contribution < 1.29 is 0 Å². The van der Waals surface area contributed by atoms with E-state index in [0.29, 0.717) is 6.04 Å². The number of rotatable bonds is 3. The van der Waals surface area contributed by atoms with E-state index in [9.17, 15) is 0 Å². The first-order chi connectivity index (χ1) is 5.72. The van der Waals surface area contributed by atoms with Crippen LogP contribution >= 0.6 is 0 Å². The highest BCUT2D eigenvalue weighted by Gasteiger charge is 2.13. The van der Waals surface area contributed by atoms with Gasteiger partial charge in [0.15, 0.2) is 0 Å². The summed E-state index contributed by atoms with van der Waals surface area (Å²) in [6.07, 6.45) is 7.54. The van der Waals surface area contributed by atoms with Crippen LogP contribution in [-0.4, -0.2) is 12.1 Å². The van der Waals surface area contributed by atoms with Gasteiger partial charge in [0.1, 0.15) is 0 Å². The first-order valence-corrected chi connectivity index (χ1v) is 5.16. The Bertz CT molecular complexity index is 158. The van der Waals surface area contributed by atoms with Crippen LogP contribution in [0.25, 0.3) is 0 Å². The Morgan fingerprint density at radius 3 is 2.75 bits per heavy atom. The molecule has 1 heteroatoms. The van der Waals surface area contributed by atoms with E-state index >= 15 is 0 Å². The molecule has 0 heterocycles. The SMILES string of the molecule is CCC1=CCC(NC(C)C)CC1. The van der Waals surface area contributed by atoms with Crippen molar-refractivity contribution in [3.05, 3.63) is 11.6 Å². The summed E-state index contributed by atoms with van der Waals surface area (Å²) < 4.78 is 0. The molecule has 0 amide bonds. The fraction of sp³-hybridized carbons (Fsp3) is 0.818. The van der Waals surface area contributed by atoms with Gasteiger partial charge in [-0.25, -0.2) is 0 Å². The summed E-state index contributed by atoms with van der Waals surface area (Å²) in [5.74, 6) is 0. The van der Waals surface area contributed by atoms with Crippen LogP contribution in [0.5, 0.6) is 0 Å². The highest BCUT2D eigenvalue weighted by molar-refractivity contribution is 5.07. The summed E-state index contributed by atoms with van der Waals surface area (Å²) in [7, 11) is 0. The second kappa shape index (κ2) is 4.66. The van der Waals surface area contributed by atoms with Gasteiger partial charge in [0.25, 0.3) is 0 Å². The van der Waals surface area contributed by atoms with E-state index < -0.39 is 0 Å². The van der Waals surface area contributed by atoms with Crippen LogP contribution in [0.1, 0.15) is 46.5 Å². The molecule has 1 unspecified atom stereocenters. The Labute approximate surface area is 76.2 Å². The van der Waals surface area contributed by atoms with Gasteiger partial charge in [0.2, 0.25) is 0 Å². The summed E-state index contributed by atoms with van der Waals surface area (Å²) in [4.78, 5) is 0. The van der Waals surface area contributed by atoms with Crippen LogP contribution in [0, 0.1) is 0 Å². The van der Waals surface area contributed by atoms with E-state index in [4.69, 9.17) is 0 Å². The lowest BCUT2D eigenvalue weighted by molar-refractivity contribution is 0.426. The molecule has 1 aliphatic rings. The molecule has 0 radical (unpaired) electrons. The van der Waals surface area contributed by atoms with Crippen molar-refractivity contribution in [1.82, 2.24) is 5.32 Å². The van der Waals surface area contributed by atoms with Gasteiger partial charge < -0.3 is 5.32 Å². The van der Waals surface area contributed by atoms with Crippen molar-refractivity contribution in [2.24, 2.45) is 0 Å². The summed E-state index contributed by atoms with van der Waals surface area (Å²) in [5, 5.41) is 3.58. The third kappa shape index (κ3) is 2.98. The molecule has 0 fully saturated rings. The van der Waals surface area contributed by atoms with Crippen LogP contribution in [-0.2, 0) is 0 Å². The van der Waals surface area contributed by atoms with E-state index in [1.54, 1.807) is 5.57 Å². The summed E-state index contributed by atoms with van der Waals surface area (Å²) >= 11 is 0. The molecular weight excluding hydrogens is 146 g/mol. The maximum absolute atomic E-state index is 3.58. The maximum Gasteiger partial charge on any atom is 0.0107 e. The largest absolute Gasteiger partial charge is 0.311 e. The minimum Gasteiger partial charge on any atom is -0.311 e. The van der Waals surface area contributed by atoms with Gasteiger partial charge in [-0.2, -0.15) is 0 Å². The van der Waals surface area contributed by atoms with Crippen molar-refractivity contribution in [2.75, 3.05) is 0 Å². The molecule has 12 heavy (non-hydrogen) atoms. The third-order valence-electron chi connectivity index (χ3n) is 2.53. The molecule has 0 aromatic carbocycles. The smallest absolute Gasteiger partial charge is 0.0107 e. The van der Waals surface area contributed by atoms with E-state index in [0.717, 1.165) is 6.04 Å². The summed E-state index contributed by atoms with van der Waals surface area (Å²) in [5.41, 5.74) is 1.65. The van der Waals surface area contributed by atoms with Crippen LogP contribution in [0.2, 0.25) is 0 Å². The zero-order valence-corrected chi connectivity index (χ0v) is 8.56. The number of hydrogen-bond acceptors (Lipinski definition) is 1. The average Bonchev–Trinajstić information content (AvgIpc) is 2.05. The topological polar surface area (TPSA) is 12.0 Å². The van der Waals surface area contributed by atoms with Gasteiger partial charge in [-0.3, -0.25) is 0 Å². The van der Waals surface area contributed by atoms with Crippen LogP contribution in [0.4, 0.5) is 0 Å². The first kappa shape index (κ1) is 9.79. The number of hydrogen-bond donors (Lipinski definition) is 1. The highest BCUT2D eigenvalue weighted by Crippen LogP contribution is 2.20. The fourth-order valence-corrected chi connectivity index (χ4v) is 1.83. The molecule has 1 atom stereocenters. The van der Waals surface area contributed by atoms with Crippen LogP contribution in [0.3, 0.4) is 0 Å². The Morgan fingerprint density at radius 1 is 1.58 bits per heavy atom. The minimum atomic E-state index is 0.631. The second-order valence-electron chi connectivity index (χ2n) is 4.01. The molecule has 0 bridgehead atoms. The number of allylic oxidation sites excluding steroid dienone is 1. The minimum absolute atomic E-state index is 0.631. The molecule has 0 spiro atoms. The Balaban J connectivity index is 2.31. The molecule has 0 aliphatic heterocycles. The monoisotopic (exact) mass is 167 g/mol. The van der Waals surface area contributed by atoms with Gasteiger partial charge in [0, 0.05) is 12.1 Å². The molecule has 0 aromatic rings. The highest BCUT2D eigenvalue weighted by atomic mass is 14.9. The third-order valence-corrected chi connectivity index (χ3v) is 2.53. The molecule has 0 saturated carbocycles. The van der Waals surface area contributed by atoms with Crippen LogP contribution < -0.4 is 5.32 Å². The van der Waals surface area contributed by atoms with Crippen molar-refractivity contribution in [3.8, 4) is 0 Å². The van der Waals surface area contributed by atoms with E-state index in [1.807, 2.05) is 0 Å². The predicted octanol–water partition coefficient (Wildman–Crippen LogP) is 2.87. The normalized spacial score (nSPS) is 24.3. The fourth-order valence-electron chi connectivity index (χ4n) is 1.83. The standard InChI is InChI=1S/C11H21N/c1-4-10-5-7-11(8-6-10)12-9(2)3/h5,9,11-12H,4,6-8H2,1-3H3. The van der Waals surface area contributed by atoms with Gasteiger partial charge >= 0.3 is 0 Å². The molecule has 0 aromatic heterocycles. The van der Waals surface area contributed by atoms with Gasteiger partial charge in [-0.15, -0.1) is 0 Å². The Morgan fingerprint density at radius 2 is 2.33 bits per heavy atom. The zero-order chi connectivity index (χ0) is 8.97. The quantitative estimate of drug-likeness (QED) is 0.637. The van der Waals surface area contributed by atoms with E-state index in [2.05, 4.69) is 32.2 Å². The molecule has 0 saturated heterocycles. The Kier molecular flexibility index (Phi) is 3.80. The zero-order valence-electron chi connectivity index (χ0n) is 8.56. The molecule has 1 rings (SSSR count). The molecular formula is C11H21N. The van der Waals surface area contributed by atoms with E-state index in [1.165, 1.54) is 25.7 Å². The maximum atomic E-state index is 3.58. The molecule has 70 valence electrons.